The number of esters is 1. The van der Waals surface area contributed by atoms with Gasteiger partial charge in [0, 0.05) is 5.75 Å². The minimum absolute atomic E-state index is 0.0260. The van der Waals surface area contributed by atoms with Gasteiger partial charge >= 0.3 is 11.9 Å². The first-order valence-corrected chi connectivity index (χ1v) is 4.85. The van der Waals surface area contributed by atoms with Crippen LogP contribution in [0.1, 0.15) is 6.42 Å². The van der Waals surface area contributed by atoms with Gasteiger partial charge < -0.3 is 9.84 Å². The van der Waals surface area contributed by atoms with Gasteiger partial charge in [0.2, 0.25) is 0 Å². The number of thioether (sulfide) groups is 1. The predicted octanol–water partition coefficient (Wildman–Crippen LogP) is -0.335. The van der Waals surface area contributed by atoms with Crippen molar-refractivity contribution in [3.8, 4) is 0 Å². The van der Waals surface area contributed by atoms with Crippen LogP contribution in [-0.4, -0.2) is 41.3 Å². The monoisotopic (exact) mass is 205 g/mol. The summed E-state index contributed by atoms with van der Waals surface area (Å²) in [5.41, 5.74) is 0. The van der Waals surface area contributed by atoms with Crippen LogP contribution in [0, 0.1) is 0 Å². The second kappa shape index (κ2) is 4.48. The van der Waals surface area contributed by atoms with E-state index in [2.05, 4.69) is 10.1 Å². The summed E-state index contributed by atoms with van der Waals surface area (Å²) in [6, 6.07) is -0.362. The van der Waals surface area contributed by atoms with Crippen molar-refractivity contribution in [2.75, 3.05) is 12.9 Å². The lowest BCUT2D eigenvalue weighted by Crippen LogP contribution is -2.38. The highest BCUT2D eigenvalue weighted by molar-refractivity contribution is 8.00. The minimum Gasteiger partial charge on any atom is -0.481 e. The summed E-state index contributed by atoms with van der Waals surface area (Å²) < 4.78 is 4.53. The number of methoxy groups -OCH3 is 1. The normalized spacial score (nSPS) is 27.2. The molecule has 1 rings (SSSR count). The van der Waals surface area contributed by atoms with Crippen LogP contribution in [0.25, 0.3) is 0 Å². The van der Waals surface area contributed by atoms with E-state index in [0.29, 0.717) is 5.75 Å². The molecule has 2 N–H and O–H groups in total. The molecule has 13 heavy (non-hydrogen) atoms. The maximum Gasteiger partial charge on any atom is 0.323 e. The molecule has 1 aliphatic heterocycles. The van der Waals surface area contributed by atoms with Crippen molar-refractivity contribution >= 4 is 23.7 Å². The second-order valence-electron chi connectivity index (χ2n) is 2.66. The summed E-state index contributed by atoms with van der Waals surface area (Å²) >= 11 is 1.43. The van der Waals surface area contributed by atoms with E-state index in [0.717, 1.165) is 0 Å². The Hall–Kier alpha value is -0.750. The Labute approximate surface area is 79.8 Å². The van der Waals surface area contributed by atoms with Crippen molar-refractivity contribution in [1.29, 1.82) is 0 Å². The highest BCUT2D eigenvalue weighted by Crippen LogP contribution is 2.21. The van der Waals surface area contributed by atoms with Crippen LogP contribution in [0.15, 0.2) is 0 Å². The van der Waals surface area contributed by atoms with Gasteiger partial charge in [0.1, 0.15) is 6.04 Å². The number of carboxylic acid groups (broad SMARTS) is 1. The van der Waals surface area contributed by atoms with E-state index >= 15 is 0 Å². The van der Waals surface area contributed by atoms with Crippen molar-refractivity contribution in [2.24, 2.45) is 0 Å². The van der Waals surface area contributed by atoms with E-state index in [1.54, 1.807) is 0 Å². The molecule has 1 fully saturated rings. The fourth-order valence-electron chi connectivity index (χ4n) is 1.09. The molecule has 1 heterocycles. The van der Waals surface area contributed by atoms with Gasteiger partial charge in [-0.1, -0.05) is 0 Å². The second-order valence-corrected chi connectivity index (χ2v) is 3.90. The molecule has 0 aliphatic carbocycles. The van der Waals surface area contributed by atoms with Crippen LogP contribution >= 0.6 is 11.8 Å². The SMILES string of the molecule is COC(=O)[C@H]1CS[C@H](CC(=O)O)N1. The minimum atomic E-state index is -0.865. The van der Waals surface area contributed by atoms with Gasteiger partial charge in [-0.3, -0.25) is 14.9 Å². The number of carboxylic acids is 1. The van der Waals surface area contributed by atoms with E-state index in [-0.39, 0.29) is 23.8 Å². The maximum atomic E-state index is 11.0. The zero-order valence-corrected chi connectivity index (χ0v) is 7.97. The average molecular weight is 205 g/mol. The molecule has 0 radical (unpaired) electrons. The van der Waals surface area contributed by atoms with Gasteiger partial charge in [-0.05, 0) is 0 Å². The van der Waals surface area contributed by atoms with Crippen molar-refractivity contribution in [1.82, 2.24) is 5.32 Å². The van der Waals surface area contributed by atoms with Gasteiger partial charge in [0.25, 0.3) is 0 Å². The number of hydrogen-bond acceptors (Lipinski definition) is 5. The molecule has 2 atom stereocenters. The van der Waals surface area contributed by atoms with Crippen molar-refractivity contribution in [3.05, 3.63) is 0 Å². The molecular formula is C7H11NO4S. The van der Waals surface area contributed by atoms with Gasteiger partial charge in [-0.25, -0.2) is 0 Å². The average Bonchev–Trinajstić information content (AvgIpc) is 2.50. The van der Waals surface area contributed by atoms with Crippen LogP contribution < -0.4 is 5.32 Å². The predicted molar refractivity (Wildman–Crippen MR) is 47.4 cm³/mol. The number of ether oxygens (including phenoxy) is 1. The number of aliphatic carboxylic acids is 1. The third-order valence-corrected chi connectivity index (χ3v) is 2.93. The van der Waals surface area contributed by atoms with Gasteiger partial charge in [-0.15, -0.1) is 11.8 Å². The lowest BCUT2D eigenvalue weighted by molar-refractivity contribution is -0.143. The molecule has 0 aromatic carbocycles. The summed E-state index contributed by atoms with van der Waals surface area (Å²) in [7, 11) is 1.32. The maximum absolute atomic E-state index is 11.0. The van der Waals surface area contributed by atoms with Crippen LogP contribution in [-0.2, 0) is 14.3 Å². The highest BCUT2D eigenvalue weighted by Gasteiger charge is 2.31. The van der Waals surface area contributed by atoms with Crippen LogP contribution in [0.4, 0.5) is 0 Å². The molecule has 0 spiro atoms. The molecule has 0 unspecified atom stereocenters. The van der Waals surface area contributed by atoms with E-state index in [1.807, 2.05) is 0 Å². The van der Waals surface area contributed by atoms with Gasteiger partial charge in [0.15, 0.2) is 0 Å². The molecule has 6 heteroatoms. The van der Waals surface area contributed by atoms with Crippen LogP contribution in [0.2, 0.25) is 0 Å². The quantitative estimate of drug-likeness (QED) is 0.614. The molecule has 0 amide bonds. The van der Waals surface area contributed by atoms with Gasteiger partial charge in [0.05, 0.1) is 18.9 Å². The van der Waals surface area contributed by atoms with Crippen molar-refractivity contribution < 1.29 is 19.4 Å². The highest BCUT2D eigenvalue weighted by atomic mass is 32.2. The summed E-state index contributed by atoms with van der Waals surface area (Å²) in [6.07, 6.45) is 0.0260. The topological polar surface area (TPSA) is 75.6 Å². The molecule has 0 aromatic rings. The molecular weight excluding hydrogens is 194 g/mol. The first-order valence-electron chi connectivity index (χ1n) is 3.80. The fourth-order valence-corrected chi connectivity index (χ4v) is 2.27. The van der Waals surface area contributed by atoms with Crippen LogP contribution in [0.3, 0.4) is 0 Å². The number of rotatable bonds is 3. The Balaban J connectivity index is 2.36. The summed E-state index contributed by atoms with van der Waals surface area (Å²) in [5, 5.41) is 11.2. The molecule has 0 saturated carbocycles. The molecule has 5 nitrogen and oxygen atoms in total. The van der Waals surface area contributed by atoms with E-state index in [1.165, 1.54) is 18.9 Å². The zero-order valence-electron chi connectivity index (χ0n) is 7.15. The summed E-state index contributed by atoms with van der Waals surface area (Å²) in [5.74, 6) is -0.624. The molecule has 0 bridgehead atoms. The zero-order chi connectivity index (χ0) is 9.84. The largest absolute Gasteiger partial charge is 0.481 e. The molecule has 1 saturated heterocycles. The van der Waals surface area contributed by atoms with E-state index in [9.17, 15) is 9.59 Å². The molecule has 0 aromatic heterocycles. The van der Waals surface area contributed by atoms with Crippen molar-refractivity contribution in [2.45, 2.75) is 17.8 Å². The Morgan fingerprint density at radius 1 is 1.69 bits per heavy atom. The summed E-state index contributed by atoms with van der Waals surface area (Å²) in [4.78, 5) is 21.3. The van der Waals surface area contributed by atoms with E-state index in [4.69, 9.17) is 5.11 Å². The Bertz CT molecular complexity index is 221. The Kier molecular flexibility index (Phi) is 3.56. The number of hydrogen-bond donors (Lipinski definition) is 2. The molecule has 74 valence electrons. The van der Waals surface area contributed by atoms with E-state index < -0.39 is 5.97 Å². The first kappa shape index (κ1) is 10.3. The third kappa shape index (κ3) is 2.89. The fraction of sp³-hybridized carbons (Fsp3) is 0.714. The smallest absolute Gasteiger partial charge is 0.323 e. The summed E-state index contributed by atoms with van der Waals surface area (Å²) in [6.45, 7) is 0. The Morgan fingerprint density at radius 2 is 2.38 bits per heavy atom. The number of carbonyl (C=O) groups is 2. The standard InChI is InChI=1S/C7H11NO4S/c1-12-7(11)4-3-13-5(8-4)2-6(9)10/h4-5,8H,2-3H2,1H3,(H,9,10)/t4-,5-/m1/s1. The van der Waals surface area contributed by atoms with Crippen molar-refractivity contribution in [3.63, 3.8) is 0 Å². The van der Waals surface area contributed by atoms with Gasteiger partial charge in [-0.2, -0.15) is 0 Å². The third-order valence-electron chi connectivity index (χ3n) is 1.70. The first-order chi connectivity index (χ1) is 6.13. The van der Waals surface area contributed by atoms with Crippen LogP contribution in [0.5, 0.6) is 0 Å². The Morgan fingerprint density at radius 3 is 2.92 bits per heavy atom. The number of carbonyl (C=O) groups excluding carboxylic acids is 1. The number of nitrogens with one attached hydrogen (secondary N) is 1. The molecule has 1 aliphatic rings. The lowest BCUT2D eigenvalue weighted by atomic mass is 10.3. The lowest BCUT2D eigenvalue weighted by Gasteiger charge is -2.08.